The molecule has 1 aromatic heterocycles. The van der Waals surface area contributed by atoms with Gasteiger partial charge in [-0.1, -0.05) is 53.2 Å². The first-order chi connectivity index (χ1) is 16.2. The highest BCUT2D eigenvalue weighted by molar-refractivity contribution is 6.01. The smallest absolute Gasteiger partial charge is 0.341 e. The van der Waals surface area contributed by atoms with E-state index in [4.69, 9.17) is 14.7 Å². The molecule has 0 unspecified atom stereocenters. The van der Waals surface area contributed by atoms with Crippen LogP contribution >= 0.6 is 0 Å². The first-order valence-corrected chi connectivity index (χ1v) is 11.0. The van der Waals surface area contributed by atoms with Gasteiger partial charge in [0.1, 0.15) is 12.4 Å². The molecule has 0 atom stereocenters. The van der Waals surface area contributed by atoms with Crippen molar-refractivity contribution in [1.29, 1.82) is 0 Å². The van der Waals surface area contributed by atoms with Crippen LogP contribution in [0.4, 0.5) is 0 Å². The lowest BCUT2D eigenvalue weighted by Crippen LogP contribution is -2.13. The number of ether oxygens (including phenoxy) is 1. The Bertz CT molecular complexity index is 1140. The third-order valence-electron chi connectivity index (χ3n) is 5.53. The van der Waals surface area contributed by atoms with E-state index in [-0.39, 0.29) is 6.61 Å². The second kappa shape index (κ2) is 11.1. The van der Waals surface area contributed by atoms with Crippen LogP contribution in [-0.2, 0) is 28.9 Å². The number of aliphatic carboxylic acids is 1. The maximum atomic E-state index is 10.8. The van der Waals surface area contributed by atoms with Crippen LogP contribution in [0.15, 0.2) is 89.9 Å². The van der Waals surface area contributed by atoms with Gasteiger partial charge in [-0.2, -0.15) is 0 Å². The molecule has 1 aliphatic rings. The number of fused-ring (bicyclic) bond motifs is 1. The van der Waals surface area contributed by atoms with Crippen molar-refractivity contribution in [3.8, 4) is 5.75 Å². The largest absolute Gasteiger partial charge is 0.482 e. The van der Waals surface area contributed by atoms with Gasteiger partial charge in [0.15, 0.2) is 6.61 Å². The van der Waals surface area contributed by atoms with Gasteiger partial charge in [0.05, 0.1) is 5.71 Å². The zero-order chi connectivity index (χ0) is 22.9. The van der Waals surface area contributed by atoms with Crippen LogP contribution in [-0.4, -0.2) is 35.0 Å². The Morgan fingerprint density at radius 2 is 1.94 bits per heavy atom. The number of hydrogen-bond donors (Lipinski definition) is 1. The average molecular weight is 443 g/mol. The number of hydrogen-bond acceptors (Lipinski definition) is 5. The van der Waals surface area contributed by atoms with Crippen molar-refractivity contribution in [1.82, 2.24) is 4.98 Å². The molecule has 1 N–H and O–H groups in total. The molecular formula is C27H26N2O4. The van der Waals surface area contributed by atoms with E-state index in [1.54, 1.807) is 12.4 Å². The molecule has 2 aromatic carbocycles. The normalized spacial score (nSPS) is 14.5. The molecule has 6 nitrogen and oxygen atoms in total. The minimum Gasteiger partial charge on any atom is -0.482 e. The lowest BCUT2D eigenvalue weighted by atomic mass is 9.87. The highest BCUT2D eigenvalue weighted by atomic mass is 16.6. The second-order valence-corrected chi connectivity index (χ2v) is 7.85. The van der Waals surface area contributed by atoms with Gasteiger partial charge in [0.2, 0.25) is 0 Å². The molecule has 6 heteroatoms. The van der Waals surface area contributed by atoms with E-state index in [0.717, 1.165) is 41.7 Å². The van der Waals surface area contributed by atoms with Crippen molar-refractivity contribution < 1.29 is 19.5 Å². The van der Waals surface area contributed by atoms with Crippen molar-refractivity contribution in [3.63, 3.8) is 0 Å². The van der Waals surface area contributed by atoms with Gasteiger partial charge < -0.3 is 14.7 Å². The molecule has 0 aliphatic heterocycles. The van der Waals surface area contributed by atoms with E-state index in [9.17, 15) is 4.79 Å². The number of aromatic nitrogens is 1. The predicted octanol–water partition coefficient (Wildman–Crippen LogP) is 4.62. The molecule has 0 radical (unpaired) electrons. The summed E-state index contributed by atoms with van der Waals surface area (Å²) in [6.45, 7) is 0.0612. The van der Waals surface area contributed by atoms with E-state index in [2.05, 4.69) is 34.4 Å². The maximum absolute atomic E-state index is 10.8. The van der Waals surface area contributed by atoms with Gasteiger partial charge in [-0.25, -0.2) is 4.79 Å². The third-order valence-corrected chi connectivity index (χ3v) is 5.53. The predicted molar refractivity (Wildman–Crippen MR) is 127 cm³/mol. The molecule has 33 heavy (non-hydrogen) atoms. The molecule has 168 valence electrons. The average Bonchev–Trinajstić information content (AvgIpc) is 2.85. The lowest BCUT2D eigenvalue weighted by molar-refractivity contribution is -0.139. The Morgan fingerprint density at radius 3 is 2.73 bits per heavy atom. The summed E-state index contributed by atoms with van der Waals surface area (Å²) in [5.74, 6) is -0.309. The molecular weight excluding hydrogens is 416 g/mol. The second-order valence-electron chi connectivity index (χ2n) is 7.85. The molecule has 0 saturated heterocycles. The standard InChI is InChI=1S/C27H26N2O4/c30-27(31)19-32-26-10-4-8-22-16-21(11-12-24(22)26)13-15-33-29-25(23-9-5-14-28-18-23)17-20-6-2-1-3-7-20/h1-10,13-14,18H,11-12,15-17,19H2,(H,30,31)/b21-13-,29-25-. The fourth-order valence-electron chi connectivity index (χ4n) is 3.91. The maximum Gasteiger partial charge on any atom is 0.341 e. The summed E-state index contributed by atoms with van der Waals surface area (Å²) < 4.78 is 5.45. The fourth-order valence-corrected chi connectivity index (χ4v) is 3.91. The Labute approximate surface area is 193 Å². The number of carboxylic acid groups (broad SMARTS) is 1. The number of carbonyl (C=O) groups is 1. The third kappa shape index (κ3) is 6.29. The molecule has 3 aromatic rings. The number of oxime groups is 1. The highest BCUT2D eigenvalue weighted by Crippen LogP contribution is 2.31. The summed E-state index contributed by atoms with van der Waals surface area (Å²) in [6, 6.07) is 19.9. The van der Waals surface area contributed by atoms with Crippen LogP contribution < -0.4 is 4.74 Å². The number of pyridine rings is 1. The summed E-state index contributed by atoms with van der Waals surface area (Å²) in [5.41, 5.74) is 6.47. The van der Waals surface area contributed by atoms with Crippen molar-refractivity contribution in [2.45, 2.75) is 25.7 Å². The lowest BCUT2D eigenvalue weighted by Gasteiger charge is -2.21. The van der Waals surface area contributed by atoms with Gasteiger partial charge in [0, 0.05) is 24.4 Å². The van der Waals surface area contributed by atoms with Crippen LogP contribution in [0.5, 0.6) is 5.75 Å². The number of rotatable bonds is 9. The van der Waals surface area contributed by atoms with Gasteiger partial charge in [-0.05, 0) is 60.2 Å². The van der Waals surface area contributed by atoms with E-state index in [0.29, 0.717) is 18.8 Å². The topological polar surface area (TPSA) is 81.0 Å². The monoisotopic (exact) mass is 442 g/mol. The van der Waals surface area contributed by atoms with Crippen LogP contribution in [0.1, 0.15) is 28.7 Å². The van der Waals surface area contributed by atoms with Crippen molar-refractivity contribution in [2.24, 2.45) is 5.16 Å². The Kier molecular flexibility index (Phi) is 7.48. The first-order valence-electron chi connectivity index (χ1n) is 11.0. The zero-order valence-corrected chi connectivity index (χ0v) is 18.3. The van der Waals surface area contributed by atoms with Crippen molar-refractivity contribution in [2.75, 3.05) is 13.2 Å². The molecule has 0 amide bonds. The molecule has 0 saturated carbocycles. The minimum atomic E-state index is -0.973. The summed E-state index contributed by atoms with van der Waals surface area (Å²) in [7, 11) is 0. The fraction of sp³-hybridized carbons (Fsp3) is 0.222. The molecule has 0 bridgehead atoms. The van der Waals surface area contributed by atoms with E-state index >= 15 is 0 Å². The van der Waals surface area contributed by atoms with Crippen molar-refractivity contribution >= 4 is 11.7 Å². The zero-order valence-electron chi connectivity index (χ0n) is 18.3. The van der Waals surface area contributed by atoms with E-state index < -0.39 is 5.97 Å². The van der Waals surface area contributed by atoms with Gasteiger partial charge >= 0.3 is 5.97 Å². The molecule has 0 spiro atoms. The molecule has 0 fully saturated rings. The summed E-state index contributed by atoms with van der Waals surface area (Å²) in [5, 5.41) is 13.3. The number of allylic oxidation sites excluding steroid dienone is 1. The number of benzene rings is 2. The van der Waals surface area contributed by atoms with Crippen LogP contribution in [0.3, 0.4) is 0 Å². The quantitative estimate of drug-likeness (QED) is 0.226. The number of nitrogens with zero attached hydrogens (tertiary/aromatic N) is 2. The summed E-state index contributed by atoms with van der Waals surface area (Å²) >= 11 is 0. The number of carboxylic acids is 1. The van der Waals surface area contributed by atoms with Crippen LogP contribution in [0.25, 0.3) is 0 Å². The SMILES string of the molecule is O=C(O)COc1cccc2c1CC/C(=C/CO/N=C(/Cc1ccccc1)c1cccnc1)C2. The van der Waals surface area contributed by atoms with Crippen LogP contribution in [0.2, 0.25) is 0 Å². The van der Waals surface area contributed by atoms with E-state index in [1.165, 1.54) is 11.1 Å². The van der Waals surface area contributed by atoms with Gasteiger partial charge in [-0.15, -0.1) is 0 Å². The molecule has 1 heterocycles. The molecule has 1 aliphatic carbocycles. The summed E-state index contributed by atoms with van der Waals surface area (Å²) in [4.78, 5) is 20.7. The molecule has 4 rings (SSSR count). The Morgan fingerprint density at radius 1 is 1.06 bits per heavy atom. The Hall–Kier alpha value is -3.93. The van der Waals surface area contributed by atoms with Gasteiger partial charge in [0.25, 0.3) is 0 Å². The van der Waals surface area contributed by atoms with Crippen molar-refractivity contribution in [3.05, 3.63) is 107 Å². The summed E-state index contributed by atoms with van der Waals surface area (Å²) in [6.07, 6.45) is 8.78. The van der Waals surface area contributed by atoms with Crippen LogP contribution in [0, 0.1) is 0 Å². The first kappa shape index (κ1) is 22.3. The Balaban J connectivity index is 1.41. The van der Waals surface area contributed by atoms with Gasteiger partial charge in [-0.3, -0.25) is 4.98 Å². The highest BCUT2D eigenvalue weighted by Gasteiger charge is 2.17. The minimum absolute atomic E-state index is 0.326. The van der Waals surface area contributed by atoms with E-state index in [1.807, 2.05) is 42.5 Å².